The Hall–Kier alpha value is -0.790. The summed E-state index contributed by atoms with van der Waals surface area (Å²) in [4.78, 5) is 10.9. The Bertz CT molecular complexity index is 206. The Morgan fingerprint density at radius 2 is 2.00 bits per heavy atom. The summed E-state index contributed by atoms with van der Waals surface area (Å²) in [5.41, 5.74) is 1.29. The zero-order valence-electron chi connectivity index (χ0n) is 6.51. The van der Waals surface area contributed by atoms with E-state index in [2.05, 4.69) is 6.58 Å². The van der Waals surface area contributed by atoms with Gasteiger partial charge in [-0.2, -0.15) is 0 Å². The monoisotopic (exact) mass is 152 g/mol. The number of esters is 1. The van der Waals surface area contributed by atoms with Crippen LogP contribution >= 0.6 is 0 Å². The smallest absolute Gasteiger partial charge is 0.306 e. The van der Waals surface area contributed by atoms with Gasteiger partial charge in [-0.25, -0.2) is 0 Å². The number of fused-ring (bicyclic) bond motifs is 1. The molecule has 0 unspecified atom stereocenters. The molecule has 0 aromatic heterocycles. The van der Waals surface area contributed by atoms with E-state index in [9.17, 15) is 4.79 Å². The molecule has 0 spiro atoms. The van der Waals surface area contributed by atoms with Crippen molar-refractivity contribution in [1.82, 2.24) is 0 Å². The van der Waals surface area contributed by atoms with E-state index >= 15 is 0 Å². The molecule has 1 aliphatic heterocycles. The first-order valence-electron chi connectivity index (χ1n) is 4.08. The fourth-order valence-corrected chi connectivity index (χ4v) is 2.07. The van der Waals surface area contributed by atoms with Crippen molar-refractivity contribution in [1.29, 1.82) is 0 Å². The van der Waals surface area contributed by atoms with Gasteiger partial charge in [-0.15, -0.1) is 0 Å². The minimum atomic E-state index is -0.0269. The van der Waals surface area contributed by atoms with Gasteiger partial charge in [0.05, 0.1) is 6.61 Å². The topological polar surface area (TPSA) is 26.3 Å². The Morgan fingerprint density at radius 1 is 1.27 bits per heavy atom. The zero-order chi connectivity index (χ0) is 7.84. The number of ether oxygens (including phenoxy) is 1. The Labute approximate surface area is 66.2 Å². The third kappa shape index (κ3) is 1.17. The molecule has 2 nitrogen and oxygen atoms in total. The van der Waals surface area contributed by atoms with Gasteiger partial charge in [-0.05, 0) is 18.8 Å². The second-order valence-corrected chi connectivity index (χ2v) is 3.57. The summed E-state index contributed by atoms with van der Waals surface area (Å²) < 4.78 is 4.96. The van der Waals surface area contributed by atoms with Crippen LogP contribution in [0.3, 0.4) is 0 Å². The van der Waals surface area contributed by atoms with Gasteiger partial charge in [0.15, 0.2) is 0 Å². The largest absolute Gasteiger partial charge is 0.465 e. The maximum atomic E-state index is 10.9. The molecule has 1 saturated carbocycles. The minimum absolute atomic E-state index is 0.0269. The lowest BCUT2D eigenvalue weighted by Crippen LogP contribution is -2.26. The molecule has 2 atom stereocenters. The fraction of sp³-hybridized carbons (Fsp3) is 0.667. The molecular formula is C9H12O2. The average Bonchev–Trinajstić information content (AvgIpc) is 2.27. The van der Waals surface area contributed by atoms with Gasteiger partial charge in [0.25, 0.3) is 0 Å². The van der Waals surface area contributed by atoms with Gasteiger partial charge < -0.3 is 4.74 Å². The molecule has 2 heteroatoms. The summed E-state index contributed by atoms with van der Waals surface area (Å²) in [7, 11) is 0. The van der Waals surface area contributed by atoms with Crippen LogP contribution in [0, 0.1) is 11.8 Å². The van der Waals surface area contributed by atoms with Crippen molar-refractivity contribution < 1.29 is 9.53 Å². The molecule has 2 aliphatic rings. The second kappa shape index (κ2) is 2.36. The van der Waals surface area contributed by atoms with Crippen molar-refractivity contribution >= 4 is 5.97 Å². The van der Waals surface area contributed by atoms with Gasteiger partial charge >= 0.3 is 5.97 Å². The average molecular weight is 152 g/mol. The van der Waals surface area contributed by atoms with Crippen molar-refractivity contribution in [3.63, 3.8) is 0 Å². The van der Waals surface area contributed by atoms with Gasteiger partial charge in [0.2, 0.25) is 0 Å². The number of cyclic esters (lactones) is 1. The van der Waals surface area contributed by atoms with Gasteiger partial charge in [0.1, 0.15) is 0 Å². The first-order chi connectivity index (χ1) is 5.25. The predicted molar refractivity (Wildman–Crippen MR) is 40.9 cm³/mol. The van der Waals surface area contributed by atoms with Crippen LogP contribution in [0.5, 0.6) is 0 Å². The first-order valence-corrected chi connectivity index (χ1v) is 4.08. The minimum Gasteiger partial charge on any atom is -0.465 e. The van der Waals surface area contributed by atoms with Crippen molar-refractivity contribution in [3.8, 4) is 0 Å². The summed E-state index contributed by atoms with van der Waals surface area (Å²) in [6.45, 7) is 4.56. The van der Waals surface area contributed by atoms with Crippen molar-refractivity contribution in [2.75, 3.05) is 6.61 Å². The van der Waals surface area contributed by atoms with E-state index in [1.165, 1.54) is 5.57 Å². The lowest BCUT2D eigenvalue weighted by atomic mass is 9.92. The number of hydrogen-bond acceptors (Lipinski definition) is 2. The highest BCUT2D eigenvalue weighted by atomic mass is 16.5. The summed E-state index contributed by atoms with van der Waals surface area (Å²) in [6.07, 6.45) is 2.72. The summed E-state index contributed by atoms with van der Waals surface area (Å²) in [5.74, 6) is 1.10. The molecule has 1 saturated heterocycles. The molecule has 0 amide bonds. The van der Waals surface area contributed by atoms with Gasteiger partial charge in [-0.1, -0.05) is 12.2 Å². The lowest BCUT2D eigenvalue weighted by molar-refractivity contribution is -0.151. The van der Waals surface area contributed by atoms with E-state index in [0.29, 0.717) is 24.9 Å². The quantitative estimate of drug-likeness (QED) is 0.388. The van der Waals surface area contributed by atoms with Crippen LogP contribution in [0.2, 0.25) is 0 Å². The number of hydrogen-bond donors (Lipinski definition) is 0. The molecule has 0 aromatic rings. The van der Waals surface area contributed by atoms with E-state index in [1.54, 1.807) is 0 Å². The lowest BCUT2D eigenvalue weighted by Gasteiger charge is -2.23. The van der Waals surface area contributed by atoms with Crippen LogP contribution in [-0.4, -0.2) is 12.6 Å². The van der Waals surface area contributed by atoms with E-state index in [0.717, 1.165) is 12.8 Å². The van der Waals surface area contributed by atoms with Gasteiger partial charge in [0, 0.05) is 12.3 Å². The number of rotatable bonds is 0. The standard InChI is InChI=1S/C9H12O2/c1-6-2-7-4-9(10)11-5-8(7)3-6/h7-8H,1-5H2/t7-,8+/m0/s1. The molecule has 2 rings (SSSR count). The molecule has 0 radical (unpaired) electrons. The van der Waals surface area contributed by atoms with Crippen LogP contribution in [0.1, 0.15) is 19.3 Å². The molecule has 0 N–H and O–H groups in total. The van der Waals surface area contributed by atoms with Crippen LogP contribution < -0.4 is 0 Å². The Balaban J connectivity index is 2.08. The maximum absolute atomic E-state index is 10.9. The maximum Gasteiger partial charge on any atom is 0.306 e. The van der Waals surface area contributed by atoms with E-state index in [1.807, 2.05) is 0 Å². The van der Waals surface area contributed by atoms with Crippen LogP contribution in [0.15, 0.2) is 12.2 Å². The molecule has 0 aromatic carbocycles. The first kappa shape index (κ1) is 6.89. The van der Waals surface area contributed by atoms with E-state index in [-0.39, 0.29) is 5.97 Å². The third-order valence-electron chi connectivity index (χ3n) is 2.66. The highest BCUT2D eigenvalue weighted by Crippen LogP contribution is 2.39. The summed E-state index contributed by atoms with van der Waals surface area (Å²) in [6, 6.07) is 0. The third-order valence-corrected chi connectivity index (χ3v) is 2.66. The SMILES string of the molecule is C=C1C[C@@H]2COC(=O)C[C@@H]2C1. The fourth-order valence-electron chi connectivity index (χ4n) is 2.07. The van der Waals surface area contributed by atoms with E-state index < -0.39 is 0 Å². The summed E-state index contributed by atoms with van der Waals surface area (Å²) >= 11 is 0. The van der Waals surface area contributed by atoms with Crippen LogP contribution in [0.4, 0.5) is 0 Å². The summed E-state index contributed by atoms with van der Waals surface area (Å²) in [5, 5.41) is 0. The highest BCUT2D eigenvalue weighted by Gasteiger charge is 2.35. The number of carbonyl (C=O) groups excluding carboxylic acids is 1. The Morgan fingerprint density at radius 3 is 2.82 bits per heavy atom. The van der Waals surface area contributed by atoms with Gasteiger partial charge in [-0.3, -0.25) is 4.79 Å². The second-order valence-electron chi connectivity index (χ2n) is 3.57. The predicted octanol–water partition coefficient (Wildman–Crippen LogP) is 1.52. The number of carbonyl (C=O) groups is 1. The molecular weight excluding hydrogens is 140 g/mol. The molecule has 11 heavy (non-hydrogen) atoms. The highest BCUT2D eigenvalue weighted by molar-refractivity contribution is 5.70. The molecule has 60 valence electrons. The van der Waals surface area contributed by atoms with Crippen LogP contribution in [-0.2, 0) is 9.53 Å². The van der Waals surface area contributed by atoms with Crippen molar-refractivity contribution in [3.05, 3.63) is 12.2 Å². The molecule has 2 fully saturated rings. The van der Waals surface area contributed by atoms with Crippen LogP contribution in [0.25, 0.3) is 0 Å². The Kier molecular flexibility index (Phi) is 1.48. The normalized spacial score (nSPS) is 36.7. The molecule has 0 bridgehead atoms. The van der Waals surface area contributed by atoms with Crippen molar-refractivity contribution in [2.24, 2.45) is 11.8 Å². The molecule has 1 aliphatic carbocycles. The molecule has 1 heterocycles. The number of allylic oxidation sites excluding steroid dienone is 1. The van der Waals surface area contributed by atoms with Crippen molar-refractivity contribution in [2.45, 2.75) is 19.3 Å². The zero-order valence-corrected chi connectivity index (χ0v) is 6.51. The van der Waals surface area contributed by atoms with E-state index in [4.69, 9.17) is 4.74 Å².